The molecule has 0 amide bonds. The zero-order valence-electron chi connectivity index (χ0n) is 21.7. The van der Waals surface area contributed by atoms with E-state index in [0.717, 1.165) is 46.4 Å². The second kappa shape index (κ2) is 14.5. The SMILES string of the molecule is C/C=C\C(C=O)=C/C.CC.CCC(C)n1c(=O)[nH]c2c(Nc3cc(NC)ccc3C)ccnc21. The second-order valence-electron chi connectivity index (χ2n) is 7.43. The Labute approximate surface area is 203 Å². The standard InChI is InChI=1S/C18H23N5O.C7H10O.C2H6/c1-5-12(3)23-17-16(22-18(23)24)14(8-9-20-17)21-15-10-13(19-4)7-6-11(15)2;1-3-5-7(4-2)6-8;1-2/h6-10,12,19H,5H2,1-4H3,(H,20,21)(H,22,24);3-6H,1-2H3;1-2H3/b;5-3-,7-4+;. The van der Waals surface area contributed by atoms with Crippen LogP contribution in [0.4, 0.5) is 17.1 Å². The topological polar surface area (TPSA) is 91.8 Å². The maximum atomic E-state index is 12.3. The highest BCUT2D eigenvalue weighted by Crippen LogP contribution is 2.28. The van der Waals surface area contributed by atoms with Crippen molar-refractivity contribution in [3.8, 4) is 0 Å². The van der Waals surface area contributed by atoms with Gasteiger partial charge in [-0.25, -0.2) is 9.78 Å². The number of pyridine rings is 1. The number of fused-ring (bicyclic) bond motifs is 1. The normalized spacial score (nSPS) is 11.8. The summed E-state index contributed by atoms with van der Waals surface area (Å²) >= 11 is 0. The third-order valence-electron chi connectivity index (χ3n) is 5.27. The maximum absolute atomic E-state index is 12.3. The van der Waals surface area contributed by atoms with Crippen LogP contribution in [0.5, 0.6) is 0 Å². The summed E-state index contributed by atoms with van der Waals surface area (Å²) in [6.45, 7) is 13.9. The van der Waals surface area contributed by atoms with Crippen molar-refractivity contribution in [1.29, 1.82) is 0 Å². The first-order valence-electron chi connectivity index (χ1n) is 11.8. The molecule has 1 atom stereocenters. The fourth-order valence-corrected chi connectivity index (χ4v) is 3.17. The average molecular weight is 466 g/mol. The van der Waals surface area contributed by atoms with Gasteiger partial charge in [0.05, 0.1) is 5.69 Å². The second-order valence-corrected chi connectivity index (χ2v) is 7.43. The molecule has 1 aromatic carbocycles. The van der Waals surface area contributed by atoms with Gasteiger partial charge >= 0.3 is 5.69 Å². The molecular formula is C27H39N5O2. The minimum Gasteiger partial charge on any atom is -0.388 e. The predicted molar refractivity (Wildman–Crippen MR) is 145 cm³/mol. The van der Waals surface area contributed by atoms with Crippen LogP contribution in [0.25, 0.3) is 11.2 Å². The molecule has 3 N–H and O–H groups in total. The molecule has 184 valence electrons. The molecule has 0 bridgehead atoms. The summed E-state index contributed by atoms with van der Waals surface area (Å²) in [5.74, 6) is 0. The Bertz CT molecular complexity index is 1170. The Morgan fingerprint density at radius 2 is 1.91 bits per heavy atom. The molecule has 7 heteroatoms. The molecule has 0 saturated heterocycles. The molecule has 2 aromatic heterocycles. The van der Waals surface area contributed by atoms with Gasteiger partial charge in [0.25, 0.3) is 0 Å². The Morgan fingerprint density at radius 1 is 1.21 bits per heavy atom. The minimum absolute atomic E-state index is 0.100. The number of hydrogen-bond donors (Lipinski definition) is 3. The molecule has 3 rings (SSSR count). The quantitative estimate of drug-likeness (QED) is 0.210. The average Bonchev–Trinajstić information content (AvgIpc) is 3.21. The zero-order chi connectivity index (χ0) is 25.7. The molecule has 7 nitrogen and oxygen atoms in total. The molecule has 3 aromatic rings. The van der Waals surface area contributed by atoms with Crippen LogP contribution in [-0.4, -0.2) is 27.9 Å². The molecular weight excluding hydrogens is 426 g/mol. The minimum atomic E-state index is -0.123. The summed E-state index contributed by atoms with van der Waals surface area (Å²) in [6.07, 6.45) is 8.81. The number of H-pyrrole nitrogens is 1. The van der Waals surface area contributed by atoms with Crippen LogP contribution in [0.3, 0.4) is 0 Å². The highest BCUT2D eigenvalue weighted by Gasteiger charge is 2.15. The molecule has 0 spiro atoms. The summed E-state index contributed by atoms with van der Waals surface area (Å²) in [6, 6.07) is 8.11. The van der Waals surface area contributed by atoms with Gasteiger partial charge in [-0.15, -0.1) is 0 Å². The molecule has 34 heavy (non-hydrogen) atoms. The van der Waals surface area contributed by atoms with E-state index in [4.69, 9.17) is 0 Å². The number of rotatable bonds is 7. The van der Waals surface area contributed by atoms with Crippen LogP contribution in [0, 0.1) is 6.92 Å². The fraction of sp³-hybridized carbons (Fsp3) is 0.370. The highest BCUT2D eigenvalue weighted by molar-refractivity contribution is 5.88. The van der Waals surface area contributed by atoms with Gasteiger partial charge in [0.2, 0.25) is 0 Å². The van der Waals surface area contributed by atoms with E-state index >= 15 is 0 Å². The number of hydrogen-bond acceptors (Lipinski definition) is 5. The Balaban J connectivity index is 0.000000493. The van der Waals surface area contributed by atoms with Crippen molar-refractivity contribution in [2.45, 2.75) is 60.9 Å². The van der Waals surface area contributed by atoms with Gasteiger partial charge in [-0.2, -0.15) is 0 Å². The van der Waals surface area contributed by atoms with Crippen molar-refractivity contribution < 1.29 is 4.79 Å². The van der Waals surface area contributed by atoms with Gasteiger partial charge < -0.3 is 15.6 Å². The van der Waals surface area contributed by atoms with Crippen LogP contribution in [0.1, 0.15) is 59.6 Å². The van der Waals surface area contributed by atoms with Gasteiger partial charge in [-0.05, 0) is 57.9 Å². The molecule has 0 radical (unpaired) electrons. The number of benzene rings is 1. The predicted octanol–water partition coefficient (Wildman–Crippen LogP) is 6.52. The molecule has 1 unspecified atom stereocenters. The van der Waals surface area contributed by atoms with Crippen LogP contribution >= 0.6 is 0 Å². The summed E-state index contributed by atoms with van der Waals surface area (Å²) in [5, 5.41) is 6.56. The lowest BCUT2D eigenvalue weighted by molar-refractivity contribution is -0.104. The zero-order valence-corrected chi connectivity index (χ0v) is 21.7. The lowest BCUT2D eigenvalue weighted by Gasteiger charge is -2.13. The number of aldehydes is 1. The maximum Gasteiger partial charge on any atom is 0.327 e. The third kappa shape index (κ3) is 7.20. The van der Waals surface area contributed by atoms with Crippen LogP contribution < -0.4 is 16.3 Å². The number of nitrogens with one attached hydrogen (secondary N) is 3. The summed E-state index contributed by atoms with van der Waals surface area (Å²) in [5.41, 5.74) is 6.01. The molecule has 0 fully saturated rings. The Hall–Kier alpha value is -3.61. The van der Waals surface area contributed by atoms with E-state index in [0.29, 0.717) is 5.65 Å². The monoisotopic (exact) mass is 465 g/mol. The van der Waals surface area contributed by atoms with Crippen LogP contribution in [0.2, 0.25) is 0 Å². The highest BCUT2D eigenvalue weighted by atomic mass is 16.1. The van der Waals surface area contributed by atoms with Crippen molar-refractivity contribution in [1.82, 2.24) is 14.5 Å². The summed E-state index contributed by atoms with van der Waals surface area (Å²) in [4.78, 5) is 29.7. The van der Waals surface area contributed by atoms with E-state index in [1.165, 1.54) is 0 Å². The van der Waals surface area contributed by atoms with E-state index < -0.39 is 0 Å². The van der Waals surface area contributed by atoms with Crippen LogP contribution in [0.15, 0.2) is 59.1 Å². The number of aromatic nitrogens is 3. The van der Waals surface area contributed by atoms with Crippen molar-refractivity contribution in [2.75, 3.05) is 17.7 Å². The van der Waals surface area contributed by atoms with Gasteiger partial charge in [0.15, 0.2) is 5.65 Å². The molecule has 0 aliphatic rings. The first-order valence-corrected chi connectivity index (χ1v) is 11.8. The number of aromatic amines is 1. The van der Waals surface area contributed by atoms with E-state index in [1.54, 1.807) is 22.9 Å². The first-order chi connectivity index (χ1) is 16.4. The van der Waals surface area contributed by atoms with Crippen molar-refractivity contribution in [2.24, 2.45) is 0 Å². The number of carbonyl (C=O) groups is 1. The molecule has 0 aliphatic carbocycles. The number of carbonyl (C=O) groups excluding carboxylic acids is 1. The number of anilines is 3. The number of imidazole rings is 1. The number of allylic oxidation sites excluding steroid dienone is 4. The van der Waals surface area contributed by atoms with E-state index in [9.17, 15) is 9.59 Å². The van der Waals surface area contributed by atoms with Crippen molar-refractivity contribution >= 4 is 34.5 Å². The van der Waals surface area contributed by atoms with Crippen LogP contribution in [-0.2, 0) is 4.79 Å². The van der Waals surface area contributed by atoms with Crippen molar-refractivity contribution in [3.05, 3.63) is 70.3 Å². The molecule has 2 heterocycles. The Kier molecular flexibility index (Phi) is 12.1. The fourth-order valence-electron chi connectivity index (χ4n) is 3.17. The summed E-state index contributed by atoms with van der Waals surface area (Å²) in [7, 11) is 1.89. The third-order valence-corrected chi connectivity index (χ3v) is 5.27. The Morgan fingerprint density at radius 3 is 2.44 bits per heavy atom. The van der Waals surface area contributed by atoms with E-state index in [1.807, 2.05) is 72.9 Å². The van der Waals surface area contributed by atoms with Gasteiger partial charge in [-0.1, -0.05) is 45.1 Å². The first kappa shape index (κ1) is 28.4. The summed E-state index contributed by atoms with van der Waals surface area (Å²) < 4.78 is 1.72. The molecule has 0 aliphatic heterocycles. The largest absolute Gasteiger partial charge is 0.388 e. The van der Waals surface area contributed by atoms with Crippen molar-refractivity contribution in [3.63, 3.8) is 0 Å². The smallest absolute Gasteiger partial charge is 0.327 e. The van der Waals surface area contributed by atoms with E-state index in [2.05, 4.69) is 33.6 Å². The van der Waals surface area contributed by atoms with E-state index in [-0.39, 0.29) is 11.7 Å². The van der Waals surface area contributed by atoms with Gasteiger partial charge in [0.1, 0.15) is 11.8 Å². The van der Waals surface area contributed by atoms with Gasteiger partial charge in [-0.3, -0.25) is 9.36 Å². The van der Waals surface area contributed by atoms with Gasteiger partial charge in [0, 0.05) is 36.2 Å². The lowest BCUT2D eigenvalue weighted by atomic mass is 10.1. The number of aryl methyl sites for hydroxylation is 1. The number of nitrogens with zero attached hydrogens (tertiary/aromatic N) is 2. The molecule has 0 saturated carbocycles. The lowest BCUT2D eigenvalue weighted by Crippen LogP contribution is -2.20.